The molecule has 4 fully saturated rings. The van der Waals surface area contributed by atoms with Crippen LogP contribution in [0.15, 0.2) is 48.6 Å². The molecule has 3 aliphatic carbocycles. The molecular weight excluding hydrogens is 756 g/mol. The van der Waals surface area contributed by atoms with Crippen molar-refractivity contribution in [2.45, 2.75) is 113 Å². The lowest BCUT2D eigenvalue weighted by Crippen LogP contribution is -2.61. The first-order valence-electron chi connectivity index (χ1n) is 22.1. The van der Waals surface area contributed by atoms with Crippen LogP contribution in [-0.4, -0.2) is 101 Å². The average molecular weight is 820 g/mol. The minimum Gasteiger partial charge on any atom is -0.490 e. The number of nitrogens with zero attached hydrogens (tertiary/aromatic N) is 3. The SMILES string of the molecule is CO[C@]1(CN2CCN3CCCC[C@@H]3C2)/C=C\C[C@H](C)[C@@H](CC2CCC2)S(=O)(=O)NC(=O)c2ccc3c(c2)N(C[C@@H]2CC[C@H]21)C[C@@]1(CCCc2cc(Cl)ccc21)CO3. The van der Waals surface area contributed by atoms with Crippen molar-refractivity contribution in [3.05, 3.63) is 70.3 Å². The van der Waals surface area contributed by atoms with Crippen molar-refractivity contribution >= 4 is 33.2 Å². The average Bonchev–Trinajstić information content (AvgIpc) is 3.31. The van der Waals surface area contributed by atoms with E-state index in [1.54, 1.807) is 6.07 Å². The second-order valence-electron chi connectivity index (χ2n) is 19.0. The zero-order chi connectivity index (χ0) is 39.4. The Balaban J connectivity index is 1.11. The minimum atomic E-state index is -3.98. The molecule has 2 aromatic carbocycles. The molecule has 2 saturated heterocycles. The van der Waals surface area contributed by atoms with Gasteiger partial charge in [-0.3, -0.25) is 14.6 Å². The summed E-state index contributed by atoms with van der Waals surface area (Å²) in [5, 5.41) is 0.0900. The maximum absolute atomic E-state index is 14.3. The fourth-order valence-electron chi connectivity index (χ4n) is 11.9. The smallest absolute Gasteiger partial charge is 0.264 e. The van der Waals surface area contributed by atoms with E-state index >= 15 is 0 Å². The van der Waals surface area contributed by atoms with Crippen LogP contribution in [0.3, 0.4) is 0 Å². The van der Waals surface area contributed by atoms with E-state index in [4.69, 9.17) is 21.1 Å². The van der Waals surface area contributed by atoms with Gasteiger partial charge < -0.3 is 14.4 Å². The molecule has 1 spiro atoms. The van der Waals surface area contributed by atoms with Gasteiger partial charge in [-0.15, -0.1) is 0 Å². The normalized spacial score (nSPS) is 35.3. The molecule has 2 saturated carbocycles. The number of carbonyl (C=O) groups excluding carboxylic acids is 1. The van der Waals surface area contributed by atoms with E-state index in [0.29, 0.717) is 42.9 Å². The van der Waals surface area contributed by atoms with Gasteiger partial charge in [-0.25, -0.2) is 13.1 Å². The highest BCUT2D eigenvalue weighted by Crippen LogP contribution is 2.49. The summed E-state index contributed by atoms with van der Waals surface area (Å²) >= 11 is 6.55. The topological polar surface area (TPSA) is 91.4 Å². The number of sulfonamides is 1. The zero-order valence-corrected chi connectivity index (χ0v) is 35.7. The van der Waals surface area contributed by atoms with E-state index in [1.807, 2.05) is 32.2 Å². The number of halogens is 1. The number of piperazine rings is 1. The number of rotatable bonds is 5. The van der Waals surface area contributed by atoms with Crippen molar-refractivity contribution in [3.8, 4) is 5.75 Å². The number of ether oxygens (including phenoxy) is 2. The minimum absolute atomic E-state index is 0.169. The van der Waals surface area contributed by atoms with Crippen LogP contribution in [0.2, 0.25) is 5.02 Å². The summed E-state index contributed by atoms with van der Waals surface area (Å²) in [6.07, 6.45) is 18.1. The van der Waals surface area contributed by atoms with Crippen molar-refractivity contribution in [3.63, 3.8) is 0 Å². The first-order chi connectivity index (χ1) is 27.5. The van der Waals surface area contributed by atoms with E-state index in [2.05, 4.69) is 43.7 Å². The third kappa shape index (κ3) is 7.80. The van der Waals surface area contributed by atoms with Crippen LogP contribution in [0.25, 0.3) is 0 Å². The van der Waals surface area contributed by atoms with Crippen molar-refractivity contribution < 1.29 is 22.7 Å². The van der Waals surface area contributed by atoms with Gasteiger partial charge in [0.15, 0.2) is 0 Å². The number of fused-ring (bicyclic) bond motifs is 5. The van der Waals surface area contributed by atoms with Gasteiger partial charge in [-0.1, -0.05) is 62.4 Å². The molecule has 7 aliphatic rings. The molecule has 0 radical (unpaired) electrons. The van der Waals surface area contributed by atoms with Gasteiger partial charge in [0.05, 0.1) is 17.5 Å². The lowest BCUT2D eigenvalue weighted by Gasteiger charge is -2.53. The van der Waals surface area contributed by atoms with Gasteiger partial charge >= 0.3 is 0 Å². The van der Waals surface area contributed by atoms with Gasteiger partial charge in [0, 0.05) is 68.4 Å². The number of aryl methyl sites for hydroxylation is 1. The molecule has 1 amide bonds. The number of methoxy groups -OCH3 is 1. The predicted molar refractivity (Wildman–Crippen MR) is 227 cm³/mol. The van der Waals surface area contributed by atoms with E-state index in [0.717, 1.165) is 107 Å². The molecule has 2 bridgehead atoms. The third-order valence-corrected chi connectivity index (χ3v) is 17.7. The van der Waals surface area contributed by atoms with Gasteiger partial charge in [-0.05, 0) is 129 Å². The number of allylic oxidation sites excluding steroid dienone is 1. The summed E-state index contributed by atoms with van der Waals surface area (Å²) in [6, 6.07) is 12.5. The summed E-state index contributed by atoms with van der Waals surface area (Å²) in [5.74, 6) is 1.02. The summed E-state index contributed by atoms with van der Waals surface area (Å²) in [5.41, 5.74) is 3.03. The molecule has 1 N–H and O–H groups in total. The molecule has 11 heteroatoms. The lowest BCUT2D eigenvalue weighted by atomic mass is 9.63. The summed E-state index contributed by atoms with van der Waals surface area (Å²) in [7, 11) is -2.08. The second-order valence-corrected chi connectivity index (χ2v) is 21.3. The third-order valence-electron chi connectivity index (χ3n) is 15.5. The highest BCUT2D eigenvalue weighted by Gasteiger charge is 2.50. The van der Waals surface area contributed by atoms with Gasteiger partial charge in [0.2, 0.25) is 10.0 Å². The Bertz CT molecular complexity index is 1960. The van der Waals surface area contributed by atoms with Crippen LogP contribution in [0, 0.1) is 23.7 Å². The molecular formula is C46H63ClN4O5S. The van der Waals surface area contributed by atoms with Crippen LogP contribution in [0.1, 0.15) is 105 Å². The first-order valence-corrected chi connectivity index (χ1v) is 24.0. The Hall–Kier alpha value is -2.63. The molecule has 0 unspecified atom stereocenters. The van der Waals surface area contributed by atoms with E-state index < -0.39 is 26.8 Å². The highest BCUT2D eigenvalue weighted by atomic mass is 35.5. The number of anilines is 1. The molecule has 2 aromatic rings. The number of hydrogen-bond acceptors (Lipinski definition) is 8. The Morgan fingerprint density at radius 3 is 2.65 bits per heavy atom. The fourth-order valence-corrected chi connectivity index (χ4v) is 13.9. The molecule has 9 rings (SSSR count). The number of amides is 1. The number of nitrogens with one attached hydrogen (secondary N) is 1. The Labute approximate surface area is 345 Å². The molecule has 0 aromatic heterocycles. The Kier molecular flexibility index (Phi) is 11.2. The van der Waals surface area contributed by atoms with Crippen LogP contribution >= 0.6 is 11.6 Å². The standard InChI is InChI=1S/C46H63ClN4O5S/c1-32-8-6-20-46(55-2,30-49-22-23-50-21-4-3-12-38(50)28-49)40-16-13-36(40)27-51-29-45(19-7-11-34-25-37(47)15-17-39(34)45)31-56-42-18-14-35(26-41(42)51)44(52)48-57(53,54)43(32)24-33-9-5-10-33/h6,14-15,17-18,20,25-26,32-33,36,38,40,43H,3-5,7-13,16,19,21-24,27-31H2,1-2H3,(H,48,52)/b20-6-/t32-,36-,38+,40+,43+,45-,46-/m0/s1. The maximum atomic E-state index is 14.3. The monoisotopic (exact) mass is 818 g/mol. The second kappa shape index (κ2) is 16.1. The van der Waals surface area contributed by atoms with E-state index in [-0.39, 0.29) is 17.3 Å². The van der Waals surface area contributed by atoms with Crippen molar-refractivity contribution in [2.75, 3.05) is 64.4 Å². The lowest BCUT2D eigenvalue weighted by molar-refractivity contribution is -0.100. The highest BCUT2D eigenvalue weighted by molar-refractivity contribution is 7.90. The van der Waals surface area contributed by atoms with E-state index in [9.17, 15) is 13.2 Å². The maximum Gasteiger partial charge on any atom is 0.264 e. The molecule has 4 heterocycles. The number of hydrogen-bond donors (Lipinski definition) is 1. The van der Waals surface area contributed by atoms with Crippen molar-refractivity contribution in [2.24, 2.45) is 23.7 Å². The predicted octanol–water partition coefficient (Wildman–Crippen LogP) is 7.61. The summed E-state index contributed by atoms with van der Waals surface area (Å²) < 4.78 is 44.8. The molecule has 9 nitrogen and oxygen atoms in total. The number of piperidine rings is 1. The van der Waals surface area contributed by atoms with Crippen LogP contribution in [-0.2, 0) is 26.6 Å². The van der Waals surface area contributed by atoms with Gasteiger partial charge in [0.25, 0.3) is 5.91 Å². The van der Waals surface area contributed by atoms with Crippen molar-refractivity contribution in [1.29, 1.82) is 0 Å². The van der Waals surface area contributed by atoms with Crippen LogP contribution in [0.5, 0.6) is 5.75 Å². The largest absolute Gasteiger partial charge is 0.490 e. The van der Waals surface area contributed by atoms with E-state index in [1.165, 1.54) is 36.9 Å². The summed E-state index contributed by atoms with van der Waals surface area (Å²) in [4.78, 5) is 21.9. The molecule has 310 valence electrons. The fraction of sp³-hybridized carbons (Fsp3) is 0.674. The first kappa shape index (κ1) is 39.8. The molecule has 7 atom stereocenters. The summed E-state index contributed by atoms with van der Waals surface area (Å²) in [6.45, 7) is 9.37. The number of carbonyl (C=O) groups is 1. The van der Waals surface area contributed by atoms with Crippen LogP contribution < -0.4 is 14.4 Å². The Morgan fingerprint density at radius 1 is 0.982 bits per heavy atom. The van der Waals surface area contributed by atoms with Gasteiger partial charge in [0.1, 0.15) is 11.4 Å². The van der Waals surface area contributed by atoms with Gasteiger partial charge in [-0.2, -0.15) is 0 Å². The molecule has 4 aliphatic heterocycles. The van der Waals surface area contributed by atoms with Crippen molar-refractivity contribution in [1.82, 2.24) is 14.5 Å². The molecule has 57 heavy (non-hydrogen) atoms. The quantitative estimate of drug-likeness (QED) is 0.309. The van der Waals surface area contributed by atoms with Crippen LogP contribution in [0.4, 0.5) is 5.69 Å². The number of benzene rings is 2. The Morgan fingerprint density at radius 2 is 1.86 bits per heavy atom. The zero-order valence-electron chi connectivity index (χ0n) is 34.1.